The molecule has 0 unspecified atom stereocenters. The third kappa shape index (κ3) is 4.03. The first-order valence-corrected chi connectivity index (χ1v) is 5.63. The maximum Gasteiger partial charge on any atom is 0.223 e. The first-order chi connectivity index (χ1) is 7.63. The van der Waals surface area contributed by atoms with Gasteiger partial charge in [-0.1, -0.05) is 29.8 Å². The van der Waals surface area contributed by atoms with E-state index in [1.54, 1.807) is 4.90 Å². The van der Waals surface area contributed by atoms with Gasteiger partial charge >= 0.3 is 0 Å². The van der Waals surface area contributed by atoms with Crippen LogP contribution in [0, 0.1) is 6.92 Å². The highest BCUT2D eigenvalue weighted by atomic mass is 16.2. The van der Waals surface area contributed by atoms with Crippen LogP contribution in [0.1, 0.15) is 17.5 Å². The van der Waals surface area contributed by atoms with E-state index in [1.807, 2.05) is 13.1 Å². The third-order valence-electron chi connectivity index (χ3n) is 2.60. The standard InChI is InChI=1S/C13H20N2O/c1-11-4-3-5-12(10-11)7-9-15(2)13(16)6-8-14/h3-5,10H,6-9,14H2,1-2H3. The van der Waals surface area contributed by atoms with E-state index >= 15 is 0 Å². The van der Waals surface area contributed by atoms with Crippen molar-refractivity contribution in [2.24, 2.45) is 5.73 Å². The number of rotatable bonds is 5. The number of carbonyl (C=O) groups is 1. The van der Waals surface area contributed by atoms with Gasteiger partial charge in [0.05, 0.1) is 0 Å². The second-order valence-corrected chi connectivity index (χ2v) is 4.09. The van der Waals surface area contributed by atoms with Crippen LogP contribution in [0.3, 0.4) is 0 Å². The lowest BCUT2D eigenvalue weighted by Gasteiger charge is -2.16. The van der Waals surface area contributed by atoms with Crippen molar-refractivity contribution >= 4 is 5.91 Å². The molecule has 0 bridgehead atoms. The molecule has 3 heteroatoms. The fourth-order valence-electron chi connectivity index (χ4n) is 1.60. The first kappa shape index (κ1) is 12.7. The molecular weight excluding hydrogens is 200 g/mol. The van der Waals surface area contributed by atoms with Crippen molar-refractivity contribution in [2.45, 2.75) is 19.8 Å². The smallest absolute Gasteiger partial charge is 0.223 e. The zero-order valence-electron chi connectivity index (χ0n) is 10.1. The van der Waals surface area contributed by atoms with Crippen LogP contribution in [-0.2, 0) is 11.2 Å². The van der Waals surface area contributed by atoms with Crippen molar-refractivity contribution in [1.82, 2.24) is 4.90 Å². The number of carbonyl (C=O) groups excluding carboxylic acids is 1. The van der Waals surface area contributed by atoms with Crippen LogP contribution < -0.4 is 5.73 Å². The van der Waals surface area contributed by atoms with Crippen molar-refractivity contribution in [2.75, 3.05) is 20.1 Å². The quantitative estimate of drug-likeness (QED) is 0.814. The molecule has 0 heterocycles. The normalized spacial score (nSPS) is 10.2. The van der Waals surface area contributed by atoms with E-state index in [0.29, 0.717) is 13.0 Å². The summed E-state index contributed by atoms with van der Waals surface area (Å²) in [6, 6.07) is 8.37. The molecule has 2 N–H and O–H groups in total. The third-order valence-corrected chi connectivity index (χ3v) is 2.60. The van der Waals surface area contributed by atoms with E-state index in [2.05, 4.69) is 25.1 Å². The molecule has 0 atom stereocenters. The fourth-order valence-corrected chi connectivity index (χ4v) is 1.60. The summed E-state index contributed by atoms with van der Waals surface area (Å²) < 4.78 is 0. The van der Waals surface area contributed by atoms with Gasteiger partial charge in [0.25, 0.3) is 0 Å². The molecule has 1 rings (SSSR count). The van der Waals surface area contributed by atoms with Gasteiger partial charge in [-0.25, -0.2) is 0 Å². The zero-order valence-corrected chi connectivity index (χ0v) is 10.1. The van der Waals surface area contributed by atoms with Gasteiger partial charge < -0.3 is 10.6 Å². The molecule has 0 spiro atoms. The van der Waals surface area contributed by atoms with Gasteiger partial charge in [-0.15, -0.1) is 0 Å². The van der Waals surface area contributed by atoms with Gasteiger partial charge in [-0.05, 0) is 18.9 Å². The van der Waals surface area contributed by atoms with Crippen molar-refractivity contribution < 1.29 is 4.79 Å². The van der Waals surface area contributed by atoms with Gasteiger partial charge in [-0.2, -0.15) is 0 Å². The van der Waals surface area contributed by atoms with Gasteiger partial charge in [0.1, 0.15) is 0 Å². The zero-order chi connectivity index (χ0) is 12.0. The van der Waals surface area contributed by atoms with Crippen LogP contribution in [-0.4, -0.2) is 30.9 Å². The number of amides is 1. The molecule has 1 aromatic rings. The molecule has 0 aliphatic rings. The molecule has 16 heavy (non-hydrogen) atoms. The number of hydrogen-bond acceptors (Lipinski definition) is 2. The van der Waals surface area contributed by atoms with Gasteiger partial charge in [0, 0.05) is 26.6 Å². The largest absolute Gasteiger partial charge is 0.345 e. The molecule has 1 aromatic carbocycles. The first-order valence-electron chi connectivity index (χ1n) is 5.63. The Kier molecular flexibility index (Phi) is 4.99. The highest BCUT2D eigenvalue weighted by molar-refractivity contribution is 5.76. The number of hydrogen-bond donors (Lipinski definition) is 1. The molecule has 0 fully saturated rings. The number of benzene rings is 1. The Balaban J connectivity index is 2.42. The Bertz CT molecular complexity index is 350. The molecule has 88 valence electrons. The number of likely N-dealkylation sites (N-methyl/N-ethyl adjacent to an activating group) is 1. The maximum atomic E-state index is 11.5. The molecule has 0 saturated carbocycles. The minimum atomic E-state index is 0.121. The summed E-state index contributed by atoms with van der Waals surface area (Å²) in [5.41, 5.74) is 7.88. The molecule has 1 amide bonds. The van der Waals surface area contributed by atoms with Crippen LogP contribution >= 0.6 is 0 Å². The fraction of sp³-hybridized carbons (Fsp3) is 0.462. The van der Waals surface area contributed by atoms with Crippen LogP contribution in [0.2, 0.25) is 0 Å². The van der Waals surface area contributed by atoms with E-state index < -0.39 is 0 Å². The minimum absolute atomic E-state index is 0.121. The predicted molar refractivity (Wildman–Crippen MR) is 66.2 cm³/mol. The lowest BCUT2D eigenvalue weighted by Crippen LogP contribution is -2.30. The lowest BCUT2D eigenvalue weighted by atomic mass is 10.1. The number of nitrogens with zero attached hydrogens (tertiary/aromatic N) is 1. The highest BCUT2D eigenvalue weighted by Gasteiger charge is 2.06. The molecule has 0 aromatic heterocycles. The molecule has 0 aliphatic heterocycles. The lowest BCUT2D eigenvalue weighted by molar-refractivity contribution is -0.129. The van der Waals surface area contributed by atoms with E-state index in [-0.39, 0.29) is 5.91 Å². The number of nitrogens with two attached hydrogens (primary N) is 1. The second-order valence-electron chi connectivity index (χ2n) is 4.09. The Morgan fingerprint density at radius 3 is 2.81 bits per heavy atom. The topological polar surface area (TPSA) is 46.3 Å². The highest BCUT2D eigenvalue weighted by Crippen LogP contribution is 2.05. The Hall–Kier alpha value is -1.35. The van der Waals surface area contributed by atoms with Crippen LogP contribution in [0.15, 0.2) is 24.3 Å². The van der Waals surface area contributed by atoms with E-state index in [0.717, 1.165) is 13.0 Å². The van der Waals surface area contributed by atoms with E-state index in [4.69, 9.17) is 5.73 Å². The van der Waals surface area contributed by atoms with Gasteiger partial charge in [-0.3, -0.25) is 4.79 Å². The average Bonchev–Trinajstić information content (AvgIpc) is 2.26. The molecule has 3 nitrogen and oxygen atoms in total. The predicted octanol–water partition coefficient (Wildman–Crippen LogP) is 1.34. The summed E-state index contributed by atoms with van der Waals surface area (Å²) in [6.45, 7) is 3.25. The average molecular weight is 220 g/mol. The Morgan fingerprint density at radius 1 is 1.44 bits per heavy atom. The summed E-state index contributed by atoms with van der Waals surface area (Å²) in [5.74, 6) is 0.121. The summed E-state index contributed by atoms with van der Waals surface area (Å²) in [7, 11) is 1.83. The van der Waals surface area contributed by atoms with Crippen molar-refractivity contribution in [3.8, 4) is 0 Å². The molecule has 0 radical (unpaired) electrons. The van der Waals surface area contributed by atoms with E-state index in [9.17, 15) is 4.79 Å². The van der Waals surface area contributed by atoms with Crippen molar-refractivity contribution in [3.05, 3.63) is 35.4 Å². The minimum Gasteiger partial charge on any atom is -0.345 e. The summed E-state index contributed by atoms with van der Waals surface area (Å²) >= 11 is 0. The number of aryl methyl sites for hydroxylation is 1. The summed E-state index contributed by atoms with van der Waals surface area (Å²) in [4.78, 5) is 13.2. The molecule has 0 aliphatic carbocycles. The van der Waals surface area contributed by atoms with Gasteiger partial charge in [0.15, 0.2) is 0 Å². The van der Waals surface area contributed by atoms with Crippen LogP contribution in [0.25, 0.3) is 0 Å². The maximum absolute atomic E-state index is 11.5. The Labute approximate surface area is 97.2 Å². The SMILES string of the molecule is Cc1cccc(CCN(C)C(=O)CCN)c1. The van der Waals surface area contributed by atoms with Crippen molar-refractivity contribution in [1.29, 1.82) is 0 Å². The molecule has 0 saturated heterocycles. The summed E-state index contributed by atoms with van der Waals surface area (Å²) in [5, 5.41) is 0. The second kappa shape index (κ2) is 6.28. The van der Waals surface area contributed by atoms with Gasteiger partial charge in [0.2, 0.25) is 5.91 Å². The molecular formula is C13H20N2O. The monoisotopic (exact) mass is 220 g/mol. The van der Waals surface area contributed by atoms with Crippen LogP contribution in [0.5, 0.6) is 0 Å². The van der Waals surface area contributed by atoms with E-state index in [1.165, 1.54) is 11.1 Å². The van der Waals surface area contributed by atoms with Crippen molar-refractivity contribution in [3.63, 3.8) is 0 Å². The van der Waals surface area contributed by atoms with Crippen LogP contribution in [0.4, 0.5) is 0 Å². The summed E-state index contributed by atoms with van der Waals surface area (Å²) in [6.07, 6.45) is 1.33. The Morgan fingerprint density at radius 2 is 2.19 bits per heavy atom.